The van der Waals surface area contributed by atoms with E-state index in [0.29, 0.717) is 80.6 Å². The maximum Gasteiger partial charge on any atom is 0.266 e. The predicted molar refractivity (Wildman–Crippen MR) is 228 cm³/mol. The van der Waals surface area contributed by atoms with Gasteiger partial charge in [0, 0.05) is 65.2 Å². The van der Waals surface area contributed by atoms with E-state index in [1.54, 1.807) is 57.6 Å². The highest BCUT2D eigenvalue weighted by molar-refractivity contribution is 8.27. The van der Waals surface area contributed by atoms with Gasteiger partial charge in [-0.1, -0.05) is 66.5 Å². The topological polar surface area (TPSA) is 130 Å². The quantitative estimate of drug-likeness (QED) is 0.123. The lowest BCUT2D eigenvalue weighted by Crippen LogP contribution is -2.50. The second kappa shape index (κ2) is 20.8. The Hall–Kier alpha value is -4.16. The van der Waals surface area contributed by atoms with Crippen LogP contribution < -0.4 is 24.3 Å². The van der Waals surface area contributed by atoms with Gasteiger partial charge in [-0.15, -0.1) is 0 Å². The van der Waals surface area contributed by atoms with Crippen LogP contribution >= 0.6 is 48.0 Å². The summed E-state index contributed by atoms with van der Waals surface area (Å²) in [6.45, 7) is 4.60. The third-order valence-corrected chi connectivity index (χ3v) is 12.2. The summed E-state index contributed by atoms with van der Waals surface area (Å²) in [4.78, 5) is 59.9. The van der Waals surface area contributed by atoms with E-state index in [1.165, 1.54) is 28.4 Å². The van der Waals surface area contributed by atoms with Gasteiger partial charge in [0.2, 0.25) is 11.8 Å². The van der Waals surface area contributed by atoms with Gasteiger partial charge in [0.1, 0.15) is 8.64 Å². The third kappa shape index (κ3) is 11.2. The number of hydrogen-bond donors (Lipinski definition) is 1. The molecule has 13 nitrogen and oxygen atoms in total. The van der Waals surface area contributed by atoms with Crippen molar-refractivity contribution in [3.05, 3.63) is 57.3 Å². The van der Waals surface area contributed by atoms with Crippen LogP contribution in [0.4, 0.5) is 0 Å². The number of thiocarbonyl (C=S) groups is 2. The van der Waals surface area contributed by atoms with Crippen LogP contribution in [-0.2, 0) is 19.2 Å². The molecule has 0 atom stereocenters. The van der Waals surface area contributed by atoms with Gasteiger partial charge in [-0.3, -0.25) is 33.9 Å². The highest BCUT2D eigenvalue weighted by Gasteiger charge is 2.33. The molecule has 3 aliphatic heterocycles. The van der Waals surface area contributed by atoms with Crippen molar-refractivity contribution in [3.63, 3.8) is 0 Å². The monoisotopic (exact) mass is 841 g/mol. The largest absolute Gasteiger partial charge is 0.493 e. The molecule has 0 aromatic heterocycles. The van der Waals surface area contributed by atoms with Crippen molar-refractivity contribution < 1.29 is 38.1 Å². The Labute approximate surface area is 347 Å². The molecule has 300 valence electrons. The molecule has 1 N–H and O–H groups in total. The fourth-order valence-corrected chi connectivity index (χ4v) is 8.95. The molecule has 3 saturated heterocycles. The Balaban J connectivity index is 0.937. The molecule has 0 saturated carbocycles. The molecule has 3 aliphatic rings. The molecular weight excluding hydrogens is 795 g/mol. The average Bonchev–Trinajstić information content (AvgIpc) is 3.63. The summed E-state index contributed by atoms with van der Waals surface area (Å²) in [5.74, 6) is 2.00. The lowest BCUT2D eigenvalue weighted by Gasteiger charge is -2.34. The van der Waals surface area contributed by atoms with Crippen LogP contribution in [0.25, 0.3) is 12.2 Å². The second-order valence-electron chi connectivity index (χ2n) is 13.0. The third-order valence-electron chi connectivity index (χ3n) is 9.47. The minimum absolute atomic E-state index is 0.110. The maximum absolute atomic E-state index is 13.1. The van der Waals surface area contributed by atoms with Crippen LogP contribution in [0.5, 0.6) is 23.0 Å². The lowest BCUT2D eigenvalue weighted by atomic mass is 10.1. The summed E-state index contributed by atoms with van der Waals surface area (Å²) in [6.07, 6.45) is 6.46. The van der Waals surface area contributed by atoms with E-state index in [0.717, 1.165) is 43.5 Å². The van der Waals surface area contributed by atoms with Crippen LogP contribution in [-0.4, -0.2) is 133 Å². The van der Waals surface area contributed by atoms with E-state index in [1.807, 2.05) is 29.2 Å². The predicted octanol–water partition coefficient (Wildman–Crippen LogP) is 5.03. The summed E-state index contributed by atoms with van der Waals surface area (Å²) < 4.78 is 22.3. The Morgan fingerprint density at radius 3 is 1.71 bits per heavy atom. The van der Waals surface area contributed by atoms with Crippen LogP contribution in [0, 0.1) is 0 Å². The zero-order chi connectivity index (χ0) is 40.2. The fraction of sp³-hybridized carbons (Fsp3) is 0.436. The van der Waals surface area contributed by atoms with E-state index in [-0.39, 0.29) is 36.6 Å². The summed E-state index contributed by atoms with van der Waals surface area (Å²) in [5.41, 5.74) is 1.59. The lowest BCUT2D eigenvalue weighted by molar-refractivity contribution is -0.133. The number of thioether (sulfide) groups is 2. The van der Waals surface area contributed by atoms with Crippen LogP contribution in [0.2, 0.25) is 0 Å². The molecule has 4 amide bonds. The number of piperazine rings is 1. The number of nitrogens with zero attached hydrogens (tertiary/aromatic N) is 4. The molecule has 2 aromatic carbocycles. The van der Waals surface area contributed by atoms with Gasteiger partial charge in [0.05, 0.1) is 38.2 Å². The van der Waals surface area contributed by atoms with E-state index in [9.17, 15) is 19.2 Å². The number of methoxy groups -OCH3 is 4. The van der Waals surface area contributed by atoms with Gasteiger partial charge in [-0.05, 0) is 60.4 Å². The highest BCUT2D eigenvalue weighted by Crippen LogP contribution is 2.36. The molecule has 0 aliphatic carbocycles. The van der Waals surface area contributed by atoms with Gasteiger partial charge >= 0.3 is 0 Å². The number of rotatable bonds is 18. The molecular formula is C39H47N5O8S4. The molecule has 17 heteroatoms. The van der Waals surface area contributed by atoms with Crippen LogP contribution in [0.1, 0.15) is 43.2 Å². The smallest absolute Gasteiger partial charge is 0.266 e. The first-order valence-corrected chi connectivity index (χ1v) is 20.7. The Morgan fingerprint density at radius 1 is 0.679 bits per heavy atom. The van der Waals surface area contributed by atoms with Crippen molar-refractivity contribution in [2.24, 2.45) is 0 Å². The Bertz CT molecular complexity index is 1880. The summed E-state index contributed by atoms with van der Waals surface area (Å²) in [7, 11) is 6.26. The van der Waals surface area contributed by atoms with Crippen molar-refractivity contribution in [2.45, 2.75) is 32.1 Å². The fourth-order valence-electron chi connectivity index (χ4n) is 6.33. The van der Waals surface area contributed by atoms with Crippen LogP contribution in [0.15, 0.2) is 46.2 Å². The average molecular weight is 842 g/mol. The summed E-state index contributed by atoms with van der Waals surface area (Å²) in [6, 6.07) is 10.9. The molecule has 2 aromatic rings. The first-order valence-electron chi connectivity index (χ1n) is 18.3. The van der Waals surface area contributed by atoms with Crippen molar-refractivity contribution >= 4 is 92.4 Å². The van der Waals surface area contributed by atoms with Gasteiger partial charge in [-0.2, -0.15) is 0 Å². The van der Waals surface area contributed by atoms with Crippen molar-refractivity contribution in [2.75, 3.05) is 80.8 Å². The number of nitrogens with one attached hydrogen (secondary N) is 1. The SMILES string of the molecule is COc1ccc(/C=C2\SC(=S)N(CCCCCC(=O)N3CCN(CCNC(=O)CCN4C(=O)/C(=C\c5ccc(OC)c(OC)c5)SC4=S)CC3)C2=O)cc1OC. The summed E-state index contributed by atoms with van der Waals surface area (Å²) in [5, 5.41) is 2.94. The number of carbonyl (C=O) groups excluding carboxylic acids is 4. The number of ether oxygens (including phenoxy) is 4. The minimum Gasteiger partial charge on any atom is -0.493 e. The van der Waals surface area contributed by atoms with Gasteiger partial charge in [-0.25, -0.2) is 0 Å². The number of benzene rings is 2. The van der Waals surface area contributed by atoms with Crippen molar-refractivity contribution in [3.8, 4) is 23.0 Å². The number of unbranched alkanes of at least 4 members (excludes halogenated alkanes) is 2. The normalized spacial score (nSPS) is 17.7. The Kier molecular flexibility index (Phi) is 16.0. The van der Waals surface area contributed by atoms with Gasteiger partial charge in [0.25, 0.3) is 11.8 Å². The molecule has 0 bridgehead atoms. The molecule has 5 rings (SSSR count). The first kappa shape index (κ1) is 43.0. The highest BCUT2D eigenvalue weighted by atomic mass is 32.2. The molecule has 0 unspecified atom stereocenters. The van der Waals surface area contributed by atoms with E-state index < -0.39 is 0 Å². The number of carbonyl (C=O) groups is 4. The zero-order valence-corrected chi connectivity index (χ0v) is 35.3. The minimum atomic E-state index is -0.229. The maximum atomic E-state index is 13.1. The van der Waals surface area contributed by atoms with E-state index >= 15 is 0 Å². The first-order chi connectivity index (χ1) is 27.0. The van der Waals surface area contributed by atoms with Gasteiger partial charge < -0.3 is 29.2 Å². The van der Waals surface area contributed by atoms with Gasteiger partial charge in [0.15, 0.2) is 23.0 Å². The van der Waals surface area contributed by atoms with E-state index in [4.69, 9.17) is 43.4 Å². The molecule has 56 heavy (non-hydrogen) atoms. The molecule has 0 spiro atoms. The summed E-state index contributed by atoms with van der Waals surface area (Å²) >= 11 is 13.4. The molecule has 3 heterocycles. The van der Waals surface area contributed by atoms with Crippen LogP contribution in [0.3, 0.4) is 0 Å². The van der Waals surface area contributed by atoms with E-state index in [2.05, 4.69) is 10.2 Å². The number of hydrogen-bond acceptors (Lipinski definition) is 13. The molecule has 0 radical (unpaired) electrons. The Morgan fingerprint density at radius 2 is 1.20 bits per heavy atom. The van der Waals surface area contributed by atoms with Crippen molar-refractivity contribution in [1.82, 2.24) is 24.9 Å². The second-order valence-corrected chi connectivity index (χ2v) is 16.4. The standard InChI is InChI=1S/C39H47N5O8S4/c1-49-28-11-9-26(22-30(28)51-3)24-32-36(47)43(38(53)55-32)15-7-5-6-8-35(46)42-20-18-41(19-21-42)17-14-40-34(45)13-16-44-37(48)33(56-39(44)54)25-27-10-12-29(50-2)31(23-27)52-4/h9-12,22-25H,5-8,13-21H2,1-4H3,(H,40,45)/b32-24-,33-25+. The molecule has 3 fully saturated rings. The number of amides is 4. The van der Waals surface area contributed by atoms with Crippen molar-refractivity contribution in [1.29, 1.82) is 0 Å². The zero-order valence-electron chi connectivity index (χ0n) is 32.0.